The second-order valence-corrected chi connectivity index (χ2v) is 5.79. The van der Waals surface area contributed by atoms with Crippen molar-refractivity contribution in [3.63, 3.8) is 0 Å². The van der Waals surface area contributed by atoms with Crippen LogP contribution in [0.5, 0.6) is 11.6 Å². The van der Waals surface area contributed by atoms with Crippen LogP contribution in [0.25, 0.3) is 11.3 Å². The van der Waals surface area contributed by atoms with Crippen molar-refractivity contribution in [2.24, 2.45) is 0 Å². The van der Waals surface area contributed by atoms with Gasteiger partial charge in [0.15, 0.2) is 0 Å². The molecule has 0 saturated carbocycles. The van der Waals surface area contributed by atoms with Crippen molar-refractivity contribution in [1.82, 2.24) is 20.4 Å². The number of methoxy groups -OCH3 is 1. The van der Waals surface area contributed by atoms with E-state index in [1.54, 1.807) is 31.4 Å². The predicted octanol–water partition coefficient (Wildman–Crippen LogP) is 3.31. The number of halogens is 3. The third-order valence-corrected chi connectivity index (χ3v) is 3.66. The summed E-state index contributed by atoms with van der Waals surface area (Å²) in [5, 5.41) is 0. The number of rotatable bonds is 7. The van der Waals surface area contributed by atoms with Gasteiger partial charge >= 0.3 is 6.36 Å². The second kappa shape index (κ2) is 9.18. The highest BCUT2D eigenvalue weighted by molar-refractivity contribution is 5.91. The van der Waals surface area contributed by atoms with Crippen molar-refractivity contribution in [1.29, 1.82) is 0 Å². The summed E-state index contributed by atoms with van der Waals surface area (Å²) in [5.74, 6) is -0.600. The Balaban J connectivity index is 1.62. The fraction of sp³-hybridized carbons (Fsp3) is 0.158. The average molecular weight is 420 g/mol. The molecular formula is C19H15F3N4O4. The van der Waals surface area contributed by atoms with E-state index in [4.69, 9.17) is 9.57 Å². The quantitative estimate of drug-likeness (QED) is 0.586. The van der Waals surface area contributed by atoms with Gasteiger partial charge < -0.3 is 9.47 Å². The number of alkyl halides is 3. The number of hydrogen-bond acceptors (Lipinski definition) is 7. The molecule has 8 nitrogen and oxygen atoms in total. The first kappa shape index (κ1) is 21.0. The Labute approximate surface area is 168 Å². The van der Waals surface area contributed by atoms with Crippen LogP contribution in [0.2, 0.25) is 0 Å². The molecule has 0 atom stereocenters. The van der Waals surface area contributed by atoms with Gasteiger partial charge in [0.05, 0.1) is 31.8 Å². The normalized spacial score (nSPS) is 11.1. The maximum Gasteiger partial charge on any atom is 0.574 e. The SMILES string of the molecule is COc1cccc(CONC(=O)c2cncc(-c3ccc(OC(F)(F)F)nc3)n2)c1. The molecule has 0 saturated heterocycles. The van der Waals surface area contributed by atoms with Crippen LogP contribution in [0.4, 0.5) is 13.2 Å². The van der Waals surface area contributed by atoms with E-state index in [-0.39, 0.29) is 18.0 Å². The molecule has 2 heterocycles. The summed E-state index contributed by atoms with van der Waals surface area (Å²) < 4.78 is 45.4. The van der Waals surface area contributed by atoms with E-state index in [1.165, 1.54) is 18.5 Å². The number of nitrogens with one attached hydrogen (secondary N) is 1. The molecule has 1 N–H and O–H groups in total. The van der Waals surface area contributed by atoms with E-state index < -0.39 is 18.1 Å². The second-order valence-electron chi connectivity index (χ2n) is 5.79. The largest absolute Gasteiger partial charge is 0.574 e. The van der Waals surface area contributed by atoms with Crippen LogP contribution in [-0.4, -0.2) is 34.3 Å². The number of carbonyl (C=O) groups excluding carboxylic acids is 1. The summed E-state index contributed by atoms with van der Waals surface area (Å²) >= 11 is 0. The van der Waals surface area contributed by atoms with Crippen molar-refractivity contribution in [2.45, 2.75) is 13.0 Å². The zero-order valence-corrected chi connectivity index (χ0v) is 15.5. The zero-order chi connectivity index (χ0) is 21.6. The molecule has 3 aromatic rings. The lowest BCUT2D eigenvalue weighted by Crippen LogP contribution is -2.24. The van der Waals surface area contributed by atoms with Gasteiger partial charge in [-0.15, -0.1) is 13.2 Å². The summed E-state index contributed by atoms with van der Waals surface area (Å²) in [6, 6.07) is 9.47. The number of carbonyl (C=O) groups is 1. The van der Waals surface area contributed by atoms with Crippen molar-refractivity contribution in [3.8, 4) is 22.9 Å². The van der Waals surface area contributed by atoms with E-state index >= 15 is 0 Å². The Hall–Kier alpha value is -3.73. The first-order chi connectivity index (χ1) is 14.3. The highest BCUT2D eigenvalue weighted by Gasteiger charge is 2.31. The van der Waals surface area contributed by atoms with Gasteiger partial charge in [0, 0.05) is 17.8 Å². The first-order valence-corrected chi connectivity index (χ1v) is 8.43. The van der Waals surface area contributed by atoms with Crippen LogP contribution in [-0.2, 0) is 11.4 Å². The van der Waals surface area contributed by atoms with Gasteiger partial charge in [0.25, 0.3) is 5.91 Å². The van der Waals surface area contributed by atoms with Gasteiger partial charge in [-0.1, -0.05) is 12.1 Å². The van der Waals surface area contributed by atoms with Crippen LogP contribution in [0.1, 0.15) is 16.1 Å². The summed E-state index contributed by atoms with van der Waals surface area (Å²) in [4.78, 5) is 29.0. The Morgan fingerprint density at radius 1 is 1.13 bits per heavy atom. The fourth-order valence-electron chi connectivity index (χ4n) is 2.32. The maximum absolute atomic E-state index is 12.2. The zero-order valence-electron chi connectivity index (χ0n) is 15.5. The van der Waals surface area contributed by atoms with Gasteiger partial charge in [-0.2, -0.15) is 0 Å². The Morgan fingerprint density at radius 2 is 1.97 bits per heavy atom. The van der Waals surface area contributed by atoms with E-state index in [9.17, 15) is 18.0 Å². The number of hydrogen-bond donors (Lipinski definition) is 1. The highest BCUT2D eigenvalue weighted by Crippen LogP contribution is 2.23. The van der Waals surface area contributed by atoms with Crippen LogP contribution in [0.3, 0.4) is 0 Å². The standard InChI is InChI=1S/C19H15F3N4O4/c1-28-14-4-2-3-12(7-14)11-29-26-18(27)16-10-23-9-15(25-16)13-5-6-17(24-8-13)30-19(20,21)22/h2-10H,11H2,1H3,(H,26,27). The van der Waals surface area contributed by atoms with Crippen LogP contribution in [0.15, 0.2) is 55.0 Å². The molecular weight excluding hydrogens is 405 g/mol. The maximum atomic E-state index is 12.2. The Bertz CT molecular complexity index is 1010. The minimum absolute atomic E-state index is 0.0474. The first-order valence-electron chi connectivity index (χ1n) is 8.43. The smallest absolute Gasteiger partial charge is 0.497 e. The van der Waals surface area contributed by atoms with Crippen LogP contribution >= 0.6 is 0 Å². The third-order valence-electron chi connectivity index (χ3n) is 3.66. The lowest BCUT2D eigenvalue weighted by atomic mass is 10.2. The molecule has 0 bridgehead atoms. The van der Waals surface area contributed by atoms with Gasteiger partial charge in [0.1, 0.15) is 11.4 Å². The predicted molar refractivity (Wildman–Crippen MR) is 97.2 cm³/mol. The molecule has 2 aromatic heterocycles. The van der Waals surface area contributed by atoms with Crippen molar-refractivity contribution in [2.75, 3.05) is 7.11 Å². The van der Waals surface area contributed by atoms with Gasteiger partial charge in [0.2, 0.25) is 5.88 Å². The molecule has 1 amide bonds. The molecule has 0 radical (unpaired) electrons. The lowest BCUT2D eigenvalue weighted by Gasteiger charge is -2.09. The molecule has 1 aromatic carbocycles. The summed E-state index contributed by atoms with van der Waals surface area (Å²) in [6.07, 6.45) is -1.14. The Morgan fingerprint density at radius 3 is 2.67 bits per heavy atom. The highest BCUT2D eigenvalue weighted by atomic mass is 19.4. The average Bonchev–Trinajstić information content (AvgIpc) is 2.73. The molecule has 0 fully saturated rings. The number of aromatic nitrogens is 3. The van der Waals surface area contributed by atoms with Crippen LogP contribution in [0, 0.1) is 0 Å². The van der Waals surface area contributed by atoms with E-state index in [1.807, 2.05) is 0 Å². The van der Waals surface area contributed by atoms with E-state index in [2.05, 4.69) is 25.2 Å². The van der Waals surface area contributed by atoms with Gasteiger partial charge in [-0.05, 0) is 23.8 Å². The third kappa shape index (κ3) is 5.88. The number of nitrogens with zero attached hydrogens (tertiary/aromatic N) is 3. The molecule has 30 heavy (non-hydrogen) atoms. The molecule has 0 aliphatic heterocycles. The number of ether oxygens (including phenoxy) is 2. The summed E-state index contributed by atoms with van der Waals surface area (Å²) in [6.45, 7) is 0.0979. The molecule has 3 rings (SSSR count). The minimum atomic E-state index is -4.84. The molecule has 0 aliphatic rings. The topological polar surface area (TPSA) is 95.5 Å². The molecule has 0 unspecified atom stereocenters. The van der Waals surface area contributed by atoms with E-state index in [0.717, 1.165) is 17.8 Å². The minimum Gasteiger partial charge on any atom is -0.497 e. The molecule has 0 spiro atoms. The molecule has 11 heteroatoms. The number of amides is 1. The van der Waals surface area contributed by atoms with Crippen molar-refractivity contribution >= 4 is 5.91 Å². The lowest BCUT2D eigenvalue weighted by molar-refractivity contribution is -0.276. The van der Waals surface area contributed by atoms with E-state index in [0.29, 0.717) is 11.3 Å². The summed E-state index contributed by atoms with van der Waals surface area (Å²) in [5.41, 5.74) is 3.58. The molecule has 0 aliphatic carbocycles. The number of pyridine rings is 1. The van der Waals surface area contributed by atoms with Gasteiger partial charge in [-0.3, -0.25) is 14.6 Å². The van der Waals surface area contributed by atoms with Crippen LogP contribution < -0.4 is 15.0 Å². The van der Waals surface area contributed by atoms with Crippen molar-refractivity contribution in [3.05, 3.63) is 66.2 Å². The van der Waals surface area contributed by atoms with Crippen molar-refractivity contribution < 1.29 is 32.3 Å². The number of hydroxylamine groups is 1. The summed E-state index contributed by atoms with van der Waals surface area (Å²) in [7, 11) is 1.54. The Kier molecular flexibility index (Phi) is 6.42. The number of benzene rings is 1. The molecule has 156 valence electrons. The monoisotopic (exact) mass is 420 g/mol. The van der Waals surface area contributed by atoms with Gasteiger partial charge in [-0.25, -0.2) is 15.4 Å². The fourth-order valence-corrected chi connectivity index (χ4v) is 2.32.